The van der Waals surface area contributed by atoms with Gasteiger partial charge in [0.25, 0.3) is 0 Å². The van der Waals surface area contributed by atoms with Crippen molar-refractivity contribution >= 4 is 11.6 Å². The Morgan fingerprint density at radius 2 is 1.93 bits per heavy atom. The second-order valence-electron chi connectivity index (χ2n) is 7.12. The molecule has 1 aliphatic heterocycles. The van der Waals surface area contributed by atoms with Gasteiger partial charge in [0, 0.05) is 37.7 Å². The summed E-state index contributed by atoms with van der Waals surface area (Å²) in [6.07, 6.45) is -0.601. The third kappa shape index (κ3) is 7.11. The zero-order valence-electron chi connectivity index (χ0n) is 16.3. The summed E-state index contributed by atoms with van der Waals surface area (Å²) in [4.78, 5) is 4.60. The number of furan rings is 1. The van der Waals surface area contributed by atoms with Crippen molar-refractivity contribution in [3.63, 3.8) is 0 Å². The maximum absolute atomic E-state index is 10.5. The number of halogens is 1. The lowest BCUT2D eigenvalue weighted by atomic mass is 10.3. The molecule has 1 atom stereocenters. The SMILES string of the molecule is Cc1ccc(CN(CCN2CCOCC2)C[C@H](O)COc2ccc(Cl)cc2)o1. The van der Waals surface area contributed by atoms with E-state index in [4.69, 9.17) is 25.5 Å². The third-order valence-corrected chi connectivity index (χ3v) is 4.99. The summed E-state index contributed by atoms with van der Waals surface area (Å²) >= 11 is 5.89. The van der Waals surface area contributed by atoms with Crippen LogP contribution in [0.1, 0.15) is 11.5 Å². The molecule has 6 nitrogen and oxygen atoms in total. The van der Waals surface area contributed by atoms with Crippen LogP contribution in [0.2, 0.25) is 5.02 Å². The molecule has 1 aliphatic rings. The number of benzene rings is 1. The average Bonchev–Trinajstić information content (AvgIpc) is 3.11. The lowest BCUT2D eigenvalue weighted by molar-refractivity contribution is 0.0247. The van der Waals surface area contributed by atoms with E-state index in [1.54, 1.807) is 24.3 Å². The first-order valence-electron chi connectivity index (χ1n) is 9.73. The van der Waals surface area contributed by atoms with Crippen molar-refractivity contribution in [1.29, 1.82) is 0 Å². The molecule has 7 heteroatoms. The summed E-state index contributed by atoms with van der Waals surface area (Å²) in [6.45, 7) is 8.61. The van der Waals surface area contributed by atoms with Gasteiger partial charge in [-0.1, -0.05) is 11.6 Å². The van der Waals surface area contributed by atoms with Crippen LogP contribution in [0.3, 0.4) is 0 Å². The molecule has 28 heavy (non-hydrogen) atoms. The van der Waals surface area contributed by atoms with E-state index < -0.39 is 6.10 Å². The minimum Gasteiger partial charge on any atom is -0.491 e. The van der Waals surface area contributed by atoms with Crippen LogP contribution in [0.4, 0.5) is 0 Å². The summed E-state index contributed by atoms with van der Waals surface area (Å²) in [7, 11) is 0. The highest BCUT2D eigenvalue weighted by molar-refractivity contribution is 6.30. The maximum atomic E-state index is 10.5. The van der Waals surface area contributed by atoms with Gasteiger partial charge in [-0.2, -0.15) is 0 Å². The normalized spacial score (nSPS) is 16.4. The van der Waals surface area contributed by atoms with Gasteiger partial charge in [-0.15, -0.1) is 0 Å². The fourth-order valence-electron chi connectivity index (χ4n) is 3.21. The van der Waals surface area contributed by atoms with Crippen molar-refractivity contribution in [3.05, 3.63) is 52.9 Å². The Hall–Kier alpha value is -1.57. The number of hydrogen-bond donors (Lipinski definition) is 1. The molecule has 1 aromatic carbocycles. The third-order valence-electron chi connectivity index (χ3n) is 4.74. The molecule has 1 fully saturated rings. The lowest BCUT2D eigenvalue weighted by Gasteiger charge is -2.30. The van der Waals surface area contributed by atoms with Crippen molar-refractivity contribution < 1.29 is 19.0 Å². The van der Waals surface area contributed by atoms with Crippen LogP contribution in [0.15, 0.2) is 40.8 Å². The minimum atomic E-state index is -0.601. The van der Waals surface area contributed by atoms with E-state index in [1.165, 1.54) is 0 Å². The number of nitrogens with zero attached hydrogens (tertiary/aromatic N) is 2. The second-order valence-corrected chi connectivity index (χ2v) is 7.56. The lowest BCUT2D eigenvalue weighted by Crippen LogP contribution is -2.43. The summed E-state index contributed by atoms with van der Waals surface area (Å²) in [5, 5.41) is 11.2. The van der Waals surface area contributed by atoms with E-state index in [9.17, 15) is 5.11 Å². The van der Waals surface area contributed by atoms with E-state index in [2.05, 4.69) is 9.80 Å². The molecule has 1 saturated heterocycles. The molecule has 2 heterocycles. The predicted octanol–water partition coefficient (Wildman–Crippen LogP) is 2.82. The van der Waals surface area contributed by atoms with E-state index >= 15 is 0 Å². The van der Waals surface area contributed by atoms with E-state index in [0.717, 1.165) is 50.9 Å². The molecule has 0 spiro atoms. The fraction of sp³-hybridized carbons (Fsp3) is 0.524. The summed E-state index contributed by atoms with van der Waals surface area (Å²) in [6, 6.07) is 11.1. The molecule has 0 amide bonds. The molecule has 0 bridgehead atoms. The average molecular weight is 409 g/mol. The summed E-state index contributed by atoms with van der Waals surface area (Å²) in [5.41, 5.74) is 0. The zero-order valence-corrected chi connectivity index (χ0v) is 17.1. The van der Waals surface area contributed by atoms with Crippen LogP contribution in [0.25, 0.3) is 0 Å². The number of aliphatic hydroxyl groups excluding tert-OH is 1. The predicted molar refractivity (Wildman–Crippen MR) is 109 cm³/mol. The van der Waals surface area contributed by atoms with Crippen LogP contribution in [0.5, 0.6) is 5.75 Å². The number of aryl methyl sites for hydroxylation is 1. The standard InChI is InChI=1S/C21H29ClN2O4/c1-17-2-5-21(28-17)15-24(9-8-23-10-12-26-13-11-23)14-19(25)16-27-20-6-3-18(22)4-7-20/h2-7,19,25H,8-16H2,1H3/t19-/m0/s1. The Kier molecular flexibility index (Phi) is 8.18. The van der Waals surface area contributed by atoms with E-state index in [0.29, 0.717) is 23.9 Å². The van der Waals surface area contributed by atoms with Crippen LogP contribution in [0, 0.1) is 6.92 Å². The van der Waals surface area contributed by atoms with Crippen LogP contribution >= 0.6 is 11.6 Å². The molecule has 0 radical (unpaired) electrons. The molecule has 2 aromatic rings. The van der Waals surface area contributed by atoms with Crippen LogP contribution < -0.4 is 4.74 Å². The number of aliphatic hydroxyl groups is 1. The smallest absolute Gasteiger partial charge is 0.119 e. The van der Waals surface area contributed by atoms with Crippen molar-refractivity contribution in [1.82, 2.24) is 9.80 Å². The van der Waals surface area contributed by atoms with Gasteiger partial charge in [-0.05, 0) is 43.3 Å². The van der Waals surface area contributed by atoms with Crippen molar-refractivity contribution in [2.75, 3.05) is 52.5 Å². The van der Waals surface area contributed by atoms with Gasteiger partial charge in [-0.25, -0.2) is 0 Å². The highest BCUT2D eigenvalue weighted by Crippen LogP contribution is 2.16. The molecule has 1 N–H and O–H groups in total. The molecular weight excluding hydrogens is 380 g/mol. The van der Waals surface area contributed by atoms with Crippen molar-refractivity contribution in [3.8, 4) is 5.75 Å². The fourth-order valence-corrected chi connectivity index (χ4v) is 3.33. The number of ether oxygens (including phenoxy) is 2. The zero-order chi connectivity index (χ0) is 19.8. The maximum Gasteiger partial charge on any atom is 0.119 e. The number of morpholine rings is 1. The molecule has 0 unspecified atom stereocenters. The molecule has 3 rings (SSSR count). The Balaban J connectivity index is 1.51. The monoisotopic (exact) mass is 408 g/mol. The van der Waals surface area contributed by atoms with E-state index in [-0.39, 0.29) is 6.61 Å². The summed E-state index contributed by atoms with van der Waals surface area (Å²) in [5.74, 6) is 2.50. The Morgan fingerprint density at radius 1 is 1.18 bits per heavy atom. The first kappa shape index (κ1) is 21.1. The second kappa shape index (κ2) is 10.8. The van der Waals surface area contributed by atoms with Gasteiger partial charge in [0.2, 0.25) is 0 Å². The molecular formula is C21H29ClN2O4. The first-order chi connectivity index (χ1) is 13.6. The van der Waals surface area contributed by atoms with Crippen molar-refractivity contribution in [2.45, 2.75) is 19.6 Å². The Morgan fingerprint density at radius 3 is 2.61 bits per heavy atom. The molecule has 0 aliphatic carbocycles. The van der Waals surface area contributed by atoms with Crippen LogP contribution in [-0.2, 0) is 11.3 Å². The minimum absolute atomic E-state index is 0.229. The van der Waals surface area contributed by atoms with Gasteiger partial charge in [0.05, 0.1) is 19.8 Å². The van der Waals surface area contributed by atoms with Gasteiger partial charge in [0.1, 0.15) is 30.0 Å². The largest absolute Gasteiger partial charge is 0.491 e. The van der Waals surface area contributed by atoms with Crippen LogP contribution in [-0.4, -0.2) is 73.6 Å². The highest BCUT2D eigenvalue weighted by Gasteiger charge is 2.17. The van der Waals surface area contributed by atoms with Gasteiger partial charge in [0.15, 0.2) is 0 Å². The van der Waals surface area contributed by atoms with Gasteiger partial charge < -0.3 is 19.0 Å². The van der Waals surface area contributed by atoms with Crippen molar-refractivity contribution in [2.24, 2.45) is 0 Å². The number of rotatable bonds is 10. The summed E-state index contributed by atoms with van der Waals surface area (Å²) < 4.78 is 16.8. The van der Waals surface area contributed by atoms with Gasteiger partial charge >= 0.3 is 0 Å². The highest BCUT2D eigenvalue weighted by atomic mass is 35.5. The quantitative estimate of drug-likeness (QED) is 0.652. The van der Waals surface area contributed by atoms with E-state index in [1.807, 2.05) is 19.1 Å². The molecule has 154 valence electrons. The Labute approximate surface area is 171 Å². The Bertz CT molecular complexity index is 701. The number of hydrogen-bond acceptors (Lipinski definition) is 6. The first-order valence-corrected chi connectivity index (χ1v) is 10.1. The van der Waals surface area contributed by atoms with Gasteiger partial charge in [-0.3, -0.25) is 9.80 Å². The molecule has 1 aromatic heterocycles. The topological polar surface area (TPSA) is 58.3 Å². The molecule has 0 saturated carbocycles.